The van der Waals surface area contributed by atoms with Crippen molar-refractivity contribution in [2.75, 3.05) is 0 Å². The summed E-state index contributed by atoms with van der Waals surface area (Å²) >= 11 is 0. The van der Waals surface area contributed by atoms with Crippen LogP contribution in [0.3, 0.4) is 0 Å². The summed E-state index contributed by atoms with van der Waals surface area (Å²) in [6.07, 6.45) is 5.99. The highest BCUT2D eigenvalue weighted by atomic mass is 16.4. The molecule has 1 aliphatic carbocycles. The first-order chi connectivity index (χ1) is 8.65. The summed E-state index contributed by atoms with van der Waals surface area (Å²) in [5, 5.41) is 8.78. The molecular weight excluding hydrogens is 228 g/mol. The number of hydrogen-bond donors (Lipinski definition) is 1. The maximum Gasteiger partial charge on any atom is 0.335 e. The van der Waals surface area contributed by atoms with E-state index in [2.05, 4.69) is 0 Å². The van der Waals surface area contributed by atoms with Gasteiger partial charge in [0, 0.05) is 12.8 Å². The summed E-state index contributed by atoms with van der Waals surface area (Å²) in [6, 6.07) is 6.58. The Bertz CT molecular complexity index is 428. The van der Waals surface area contributed by atoms with Crippen LogP contribution in [0.25, 0.3) is 0 Å². The maximum absolute atomic E-state index is 11.9. The number of carbonyl (C=O) groups is 2. The minimum atomic E-state index is -0.932. The monoisotopic (exact) mass is 246 g/mol. The zero-order valence-electron chi connectivity index (χ0n) is 10.4. The van der Waals surface area contributed by atoms with E-state index < -0.39 is 5.97 Å². The number of aromatic carboxylic acids is 1. The van der Waals surface area contributed by atoms with Gasteiger partial charge in [-0.3, -0.25) is 4.79 Å². The van der Waals surface area contributed by atoms with E-state index in [1.807, 2.05) is 0 Å². The van der Waals surface area contributed by atoms with Crippen molar-refractivity contribution in [3.63, 3.8) is 0 Å². The molecule has 0 saturated heterocycles. The Morgan fingerprint density at radius 3 is 2.28 bits per heavy atom. The SMILES string of the molecule is O=C(Cc1ccc(C(=O)O)cc1)CC1CCCC1. The lowest BCUT2D eigenvalue weighted by Gasteiger charge is -2.07. The van der Waals surface area contributed by atoms with Gasteiger partial charge in [0.25, 0.3) is 0 Å². The van der Waals surface area contributed by atoms with Crippen molar-refractivity contribution in [3.05, 3.63) is 35.4 Å². The maximum atomic E-state index is 11.9. The summed E-state index contributed by atoms with van der Waals surface area (Å²) in [5.74, 6) is -0.0837. The molecule has 1 saturated carbocycles. The fourth-order valence-corrected chi connectivity index (χ4v) is 2.60. The van der Waals surface area contributed by atoms with Crippen LogP contribution in [-0.4, -0.2) is 16.9 Å². The minimum absolute atomic E-state index is 0.266. The number of carboxylic acid groups (broad SMARTS) is 1. The van der Waals surface area contributed by atoms with Gasteiger partial charge >= 0.3 is 5.97 Å². The molecule has 3 heteroatoms. The quantitative estimate of drug-likeness (QED) is 0.868. The topological polar surface area (TPSA) is 54.4 Å². The van der Waals surface area contributed by atoms with Crippen LogP contribution in [-0.2, 0) is 11.2 Å². The Morgan fingerprint density at radius 1 is 1.11 bits per heavy atom. The van der Waals surface area contributed by atoms with Crippen molar-refractivity contribution in [1.82, 2.24) is 0 Å². The molecule has 0 aromatic heterocycles. The van der Waals surface area contributed by atoms with E-state index in [4.69, 9.17) is 5.11 Å². The third-order valence-corrected chi connectivity index (χ3v) is 3.59. The Balaban J connectivity index is 1.88. The normalized spacial score (nSPS) is 15.8. The zero-order valence-corrected chi connectivity index (χ0v) is 10.4. The van der Waals surface area contributed by atoms with Crippen LogP contribution in [0, 0.1) is 5.92 Å². The molecule has 0 amide bonds. The Morgan fingerprint density at radius 2 is 1.72 bits per heavy atom. The average molecular weight is 246 g/mol. The molecule has 1 fully saturated rings. The van der Waals surface area contributed by atoms with Crippen LogP contribution >= 0.6 is 0 Å². The molecular formula is C15H18O3. The van der Waals surface area contributed by atoms with Crippen LogP contribution in [0.4, 0.5) is 0 Å². The molecule has 0 radical (unpaired) electrons. The van der Waals surface area contributed by atoms with Crippen LogP contribution in [0.15, 0.2) is 24.3 Å². The molecule has 2 rings (SSSR count). The molecule has 0 heterocycles. The first-order valence-electron chi connectivity index (χ1n) is 6.49. The molecule has 1 aromatic carbocycles. The van der Waals surface area contributed by atoms with E-state index in [1.165, 1.54) is 25.7 Å². The predicted octanol–water partition coefficient (Wildman–Crippen LogP) is 3.08. The second kappa shape index (κ2) is 5.80. The summed E-state index contributed by atoms with van der Waals surface area (Å²) in [5.41, 5.74) is 1.17. The molecule has 0 bridgehead atoms. The van der Waals surface area contributed by atoms with Gasteiger partial charge < -0.3 is 5.11 Å². The lowest BCUT2D eigenvalue weighted by molar-refractivity contribution is -0.119. The predicted molar refractivity (Wildman–Crippen MR) is 68.7 cm³/mol. The Kier molecular flexibility index (Phi) is 4.13. The minimum Gasteiger partial charge on any atom is -0.478 e. The van der Waals surface area contributed by atoms with Gasteiger partial charge in [-0.2, -0.15) is 0 Å². The fourth-order valence-electron chi connectivity index (χ4n) is 2.60. The number of rotatable bonds is 5. The largest absolute Gasteiger partial charge is 0.478 e. The fraction of sp³-hybridized carbons (Fsp3) is 0.467. The van der Waals surface area contributed by atoms with Crippen molar-refractivity contribution < 1.29 is 14.7 Å². The van der Waals surface area contributed by atoms with Gasteiger partial charge in [0.05, 0.1) is 5.56 Å². The molecule has 18 heavy (non-hydrogen) atoms. The lowest BCUT2D eigenvalue weighted by Crippen LogP contribution is -2.08. The van der Waals surface area contributed by atoms with Crippen molar-refractivity contribution in [3.8, 4) is 0 Å². The van der Waals surface area contributed by atoms with Gasteiger partial charge in [-0.15, -0.1) is 0 Å². The highest BCUT2D eigenvalue weighted by molar-refractivity contribution is 5.88. The highest BCUT2D eigenvalue weighted by Gasteiger charge is 2.18. The second-order valence-corrected chi connectivity index (χ2v) is 5.07. The highest BCUT2D eigenvalue weighted by Crippen LogP contribution is 2.28. The third kappa shape index (κ3) is 3.42. The molecule has 0 unspecified atom stereocenters. The molecule has 96 valence electrons. The van der Waals surface area contributed by atoms with Crippen LogP contribution in [0.1, 0.15) is 48.0 Å². The average Bonchev–Trinajstić information content (AvgIpc) is 2.82. The van der Waals surface area contributed by atoms with E-state index in [-0.39, 0.29) is 11.3 Å². The van der Waals surface area contributed by atoms with Gasteiger partial charge in [-0.05, 0) is 23.6 Å². The number of hydrogen-bond acceptors (Lipinski definition) is 2. The smallest absolute Gasteiger partial charge is 0.335 e. The number of carboxylic acids is 1. The van der Waals surface area contributed by atoms with Gasteiger partial charge in [-0.1, -0.05) is 37.8 Å². The van der Waals surface area contributed by atoms with Crippen LogP contribution < -0.4 is 0 Å². The third-order valence-electron chi connectivity index (χ3n) is 3.59. The standard InChI is InChI=1S/C15H18O3/c16-14(9-11-3-1-2-4-11)10-12-5-7-13(8-6-12)15(17)18/h5-8,11H,1-4,9-10H2,(H,17,18). The van der Waals surface area contributed by atoms with Gasteiger partial charge in [0.15, 0.2) is 0 Å². The van der Waals surface area contributed by atoms with Crippen molar-refractivity contribution in [2.45, 2.75) is 38.5 Å². The summed E-state index contributed by atoms with van der Waals surface area (Å²) in [4.78, 5) is 22.6. The van der Waals surface area contributed by atoms with E-state index in [9.17, 15) is 9.59 Å². The number of benzene rings is 1. The lowest BCUT2D eigenvalue weighted by atomic mass is 9.97. The zero-order chi connectivity index (χ0) is 13.0. The summed E-state index contributed by atoms with van der Waals surface area (Å²) < 4.78 is 0. The second-order valence-electron chi connectivity index (χ2n) is 5.07. The van der Waals surface area contributed by atoms with Gasteiger partial charge in [-0.25, -0.2) is 4.79 Å². The van der Waals surface area contributed by atoms with Crippen molar-refractivity contribution in [1.29, 1.82) is 0 Å². The first kappa shape index (κ1) is 12.8. The molecule has 0 aliphatic heterocycles. The summed E-state index contributed by atoms with van der Waals surface area (Å²) in [7, 11) is 0. The molecule has 0 atom stereocenters. The number of Topliss-reactive ketones (excluding diaryl/α,β-unsaturated/α-hetero) is 1. The van der Waals surface area contributed by atoms with E-state index in [0.29, 0.717) is 18.8 Å². The van der Waals surface area contributed by atoms with Crippen LogP contribution in [0.5, 0.6) is 0 Å². The molecule has 0 spiro atoms. The molecule has 1 aliphatic rings. The summed E-state index contributed by atoms with van der Waals surface area (Å²) in [6.45, 7) is 0. The van der Waals surface area contributed by atoms with Gasteiger partial charge in [0.2, 0.25) is 0 Å². The first-order valence-corrected chi connectivity index (χ1v) is 6.49. The molecule has 1 aromatic rings. The Labute approximate surface area is 107 Å². The molecule has 3 nitrogen and oxygen atoms in total. The van der Waals surface area contributed by atoms with E-state index >= 15 is 0 Å². The van der Waals surface area contributed by atoms with Crippen LogP contribution in [0.2, 0.25) is 0 Å². The van der Waals surface area contributed by atoms with Gasteiger partial charge in [0.1, 0.15) is 5.78 Å². The Hall–Kier alpha value is -1.64. The number of carbonyl (C=O) groups excluding carboxylic acids is 1. The van der Waals surface area contributed by atoms with E-state index in [0.717, 1.165) is 5.56 Å². The number of ketones is 1. The van der Waals surface area contributed by atoms with Crippen molar-refractivity contribution in [2.24, 2.45) is 5.92 Å². The van der Waals surface area contributed by atoms with Crippen molar-refractivity contribution >= 4 is 11.8 Å². The molecule has 1 N–H and O–H groups in total. The van der Waals surface area contributed by atoms with E-state index in [1.54, 1.807) is 24.3 Å².